The van der Waals surface area contributed by atoms with Gasteiger partial charge in [-0.1, -0.05) is 30.3 Å². The van der Waals surface area contributed by atoms with Crippen molar-refractivity contribution in [1.82, 2.24) is 35.2 Å². The highest BCUT2D eigenvalue weighted by Crippen LogP contribution is 2.32. The minimum Gasteiger partial charge on any atom is -0.352 e. The molecule has 1 fully saturated rings. The van der Waals surface area contributed by atoms with Crippen molar-refractivity contribution >= 4 is 5.91 Å². The van der Waals surface area contributed by atoms with E-state index in [2.05, 4.69) is 45.6 Å². The number of aromatic amines is 1. The quantitative estimate of drug-likeness (QED) is 0.672. The van der Waals surface area contributed by atoms with Crippen LogP contribution in [0.5, 0.6) is 0 Å². The molecule has 1 aliphatic rings. The molecule has 0 spiro atoms. The molecule has 0 aliphatic carbocycles. The number of amides is 1. The number of hydrogen-bond donors (Lipinski definition) is 2. The molecule has 0 unspecified atom stereocenters. The third kappa shape index (κ3) is 4.37. The van der Waals surface area contributed by atoms with E-state index in [1.165, 1.54) is 0 Å². The fourth-order valence-electron chi connectivity index (χ4n) is 3.87. The number of carbonyl (C=O) groups excluding carboxylic acids is 1. The third-order valence-electron chi connectivity index (χ3n) is 5.23. The zero-order chi connectivity index (χ0) is 20.4. The van der Waals surface area contributed by atoms with Crippen molar-refractivity contribution < 1.29 is 4.79 Å². The lowest BCUT2D eigenvalue weighted by molar-refractivity contribution is -0.119. The van der Waals surface area contributed by atoms with Gasteiger partial charge in [0.05, 0.1) is 12.2 Å². The summed E-state index contributed by atoms with van der Waals surface area (Å²) in [6.07, 6.45) is 4.79. The number of nitrogens with one attached hydrogen (secondary N) is 2. The topological polar surface area (TPSA) is 91.7 Å². The van der Waals surface area contributed by atoms with Crippen molar-refractivity contribution in [1.29, 1.82) is 0 Å². The molecular weight excluding hydrogens is 366 g/mol. The van der Waals surface area contributed by atoms with E-state index < -0.39 is 0 Å². The summed E-state index contributed by atoms with van der Waals surface area (Å²) in [6.45, 7) is 7.30. The standard InChI is InChI=1S/C21H27N7O/c1-14(2)28-12-16(10-22-28)11-27-13-18(23-15(3)29)9-19(27)21-24-20(25-26-21)17-7-5-4-6-8-17/h4-8,10,12,14,18-19H,9,11,13H2,1-3H3,(H,23,29)(H,24,25,26)/t18-,19-/m0/s1. The van der Waals surface area contributed by atoms with E-state index in [1.807, 2.05) is 41.2 Å². The van der Waals surface area contributed by atoms with Gasteiger partial charge in [0.2, 0.25) is 5.91 Å². The molecule has 2 aromatic heterocycles. The van der Waals surface area contributed by atoms with Crippen LogP contribution in [-0.4, -0.2) is 48.4 Å². The summed E-state index contributed by atoms with van der Waals surface area (Å²) in [5.74, 6) is 1.51. The van der Waals surface area contributed by atoms with Gasteiger partial charge in [-0.3, -0.25) is 19.5 Å². The Labute approximate surface area is 170 Å². The van der Waals surface area contributed by atoms with Gasteiger partial charge in [-0.2, -0.15) is 10.2 Å². The molecule has 8 nitrogen and oxygen atoms in total. The molecule has 29 heavy (non-hydrogen) atoms. The molecule has 1 aliphatic heterocycles. The Hall–Kier alpha value is -3.00. The van der Waals surface area contributed by atoms with Crippen LogP contribution in [0.1, 0.15) is 50.7 Å². The van der Waals surface area contributed by atoms with Gasteiger partial charge in [-0.05, 0) is 20.3 Å². The van der Waals surface area contributed by atoms with E-state index in [1.54, 1.807) is 6.92 Å². The van der Waals surface area contributed by atoms with Gasteiger partial charge in [0.15, 0.2) is 5.82 Å². The van der Waals surface area contributed by atoms with Crippen molar-refractivity contribution in [2.45, 2.75) is 51.9 Å². The van der Waals surface area contributed by atoms with Crippen LogP contribution in [-0.2, 0) is 11.3 Å². The van der Waals surface area contributed by atoms with Crippen LogP contribution in [0, 0.1) is 0 Å². The van der Waals surface area contributed by atoms with Crippen LogP contribution in [0.3, 0.4) is 0 Å². The number of benzene rings is 1. The molecule has 3 heterocycles. The summed E-state index contributed by atoms with van der Waals surface area (Å²) in [6, 6.07) is 10.4. The number of H-pyrrole nitrogens is 1. The summed E-state index contributed by atoms with van der Waals surface area (Å²) in [5.41, 5.74) is 2.13. The molecule has 8 heteroatoms. The predicted molar refractivity (Wildman–Crippen MR) is 110 cm³/mol. The average Bonchev–Trinajstić information content (AvgIpc) is 3.42. The minimum absolute atomic E-state index is 0.00854. The van der Waals surface area contributed by atoms with Gasteiger partial charge < -0.3 is 5.32 Å². The maximum Gasteiger partial charge on any atom is 0.217 e. The molecule has 152 valence electrons. The van der Waals surface area contributed by atoms with Gasteiger partial charge in [0.1, 0.15) is 5.82 Å². The van der Waals surface area contributed by atoms with Crippen molar-refractivity contribution in [3.05, 3.63) is 54.1 Å². The average molecular weight is 393 g/mol. The molecule has 1 amide bonds. The van der Waals surface area contributed by atoms with Crippen LogP contribution in [0.4, 0.5) is 0 Å². The lowest BCUT2D eigenvalue weighted by atomic mass is 10.1. The number of carbonyl (C=O) groups is 1. The van der Waals surface area contributed by atoms with Crippen LogP contribution < -0.4 is 5.32 Å². The lowest BCUT2D eigenvalue weighted by Crippen LogP contribution is -2.35. The van der Waals surface area contributed by atoms with Crippen molar-refractivity contribution in [2.24, 2.45) is 0 Å². The molecule has 3 aromatic rings. The number of nitrogens with zero attached hydrogens (tertiary/aromatic N) is 5. The zero-order valence-electron chi connectivity index (χ0n) is 17.0. The molecule has 1 aromatic carbocycles. The summed E-state index contributed by atoms with van der Waals surface area (Å²) in [4.78, 5) is 18.7. The lowest BCUT2D eigenvalue weighted by Gasteiger charge is -2.21. The summed E-state index contributed by atoms with van der Waals surface area (Å²) in [7, 11) is 0. The largest absolute Gasteiger partial charge is 0.352 e. The second-order valence-corrected chi connectivity index (χ2v) is 7.91. The van der Waals surface area contributed by atoms with Crippen molar-refractivity contribution in [3.8, 4) is 11.4 Å². The molecule has 4 rings (SSSR count). The number of rotatable bonds is 6. The maximum atomic E-state index is 11.6. The highest BCUT2D eigenvalue weighted by molar-refractivity contribution is 5.73. The van der Waals surface area contributed by atoms with E-state index in [4.69, 9.17) is 4.98 Å². The number of hydrogen-bond acceptors (Lipinski definition) is 5. The molecule has 2 N–H and O–H groups in total. The molecule has 1 saturated heterocycles. The Bertz CT molecular complexity index is 962. The highest BCUT2D eigenvalue weighted by Gasteiger charge is 2.35. The van der Waals surface area contributed by atoms with Crippen molar-refractivity contribution in [3.63, 3.8) is 0 Å². The first-order valence-corrected chi connectivity index (χ1v) is 10.0. The SMILES string of the molecule is CC(=O)N[C@H]1C[C@@H](c2nc(-c3ccccc3)n[nH]2)N(Cc2cnn(C(C)C)c2)C1. The normalized spacial score (nSPS) is 19.7. The summed E-state index contributed by atoms with van der Waals surface area (Å²) in [5, 5.41) is 15.0. The van der Waals surface area contributed by atoms with E-state index in [9.17, 15) is 4.79 Å². The first kappa shape index (κ1) is 19.3. The Kier molecular flexibility index (Phi) is 5.44. The first-order valence-electron chi connectivity index (χ1n) is 10.0. The van der Waals surface area contributed by atoms with Gasteiger partial charge in [0.25, 0.3) is 0 Å². The molecule has 0 bridgehead atoms. The molecule has 0 saturated carbocycles. The summed E-state index contributed by atoms with van der Waals surface area (Å²) >= 11 is 0. The van der Waals surface area contributed by atoms with Gasteiger partial charge in [-0.15, -0.1) is 0 Å². The monoisotopic (exact) mass is 393 g/mol. The Balaban J connectivity index is 1.56. The first-order chi connectivity index (χ1) is 14.0. The smallest absolute Gasteiger partial charge is 0.217 e. The number of aromatic nitrogens is 5. The van der Waals surface area contributed by atoms with Crippen LogP contribution in [0.15, 0.2) is 42.7 Å². The fourth-order valence-corrected chi connectivity index (χ4v) is 3.87. The molecular formula is C21H27N7O. The second kappa shape index (κ2) is 8.16. The predicted octanol–water partition coefficient (Wildman–Crippen LogP) is 2.70. The minimum atomic E-state index is -0.00854. The third-order valence-corrected chi connectivity index (χ3v) is 5.23. The van der Waals surface area contributed by atoms with E-state index in [0.29, 0.717) is 11.9 Å². The Morgan fingerprint density at radius 3 is 2.79 bits per heavy atom. The maximum absolute atomic E-state index is 11.6. The highest BCUT2D eigenvalue weighted by atomic mass is 16.1. The van der Waals surface area contributed by atoms with Crippen LogP contribution >= 0.6 is 0 Å². The van der Waals surface area contributed by atoms with E-state index >= 15 is 0 Å². The van der Waals surface area contributed by atoms with Crippen molar-refractivity contribution in [2.75, 3.05) is 6.54 Å². The number of likely N-dealkylation sites (tertiary alicyclic amines) is 1. The molecule has 2 atom stereocenters. The van der Waals surface area contributed by atoms with Crippen LogP contribution in [0.2, 0.25) is 0 Å². The van der Waals surface area contributed by atoms with Crippen LogP contribution in [0.25, 0.3) is 11.4 Å². The Morgan fingerprint density at radius 2 is 2.10 bits per heavy atom. The summed E-state index contributed by atoms with van der Waals surface area (Å²) < 4.78 is 1.97. The fraction of sp³-hybridized carbons (Fsp3) is 0.429. The molecule has 0 radical (unpaired) electrons. The van der Waals surface area contributed by atoms with Gasteiger partial charge in [-0.25, -0.2) is 4.98 Å². The van der Waals surface area contributed by atoms with E-state index in [0.717, 1.165) is 36.5 Å². The Morgan fingerprint density at radius 1 is 1.31 bits per heavy atom. The van der Waals surface area contributed by atoms with Gasteiger partial charge in [0, 0.05) is 49.4 Å². The van der Waals surface area contributed by atoms with Gasteiger partial charge >= 0.3 is 0 Å². The second-order valence-electron chi connectivity index (χ2n) is 7.91. The van der Waals surface area contributed by atoms with E-state index in [-0.39, 0.29) is 18.0 Å². The zero-order valence-corrected chi connectivity index (χ0v) is 17.0.